The smallest absolute Gasteiger partial charge is 0.253 e. The molecule has 29 heavy (non-hydrogen) atoms. The molecule has 0 aliphatic rings. The predicted octanol–water partition coefficient (Wildman–Crippen LogP) is 2.47. The van der Waals surface area contributed by atoms with Gasteiger partial charge in [0.05, 0.1) is 29.0 Å². The maximum atomic E-state index is 12.1. The van der Waals surface area contributed by atoms with E-state index in [4.69, 9.17) is 10.5 Å². The second kappa shape index (κ2) is 8.64. The highest BCUT2D eigenvalue weighted by atomic mass is 16.5. The summed E-state index contributed by atoms with van der Waals surface area (Å²) in [5.74, 6) is 0.373. The van der Waals surface area contributed by atoms with Crippen LogP contribution in [-0.2, 0) is 18.3 Å². The topological polar surface area (TPSA) is 111 Å². The lowest BCUT2D eigenvalue weighted by Gasteiger charge is -2.05. The van der Waals surface area contributed by atoms with E-state index in [1.165, 1.54) is 6.20 Å². The third kappa shape index (κ3) is 3.87. The number of aryl methyl sites for hydroxylation is 1. The van der Waals surface area contributed by atoms with Gasteiger partial charge in [0.1, 0.15) is 0 Å². The van der Waals surface area contributed by atoms with Crippen LogP contribution < -0.4 is 15.8 Å². The van der Waals surface area contributed by atoms with E-state index >= 15 is 0 Å². The van der Waals surface area contributed by atoms with E-state index in [9.17, 15) is 4.79 Å². The van der Waals surface area contributed by atoms with E-state index in [-0.39, 0.29) is 5.91 Å². The highest BCUT2D eigenvalue weighted by molar-refractivity contribution is 6.19. The number of H-pyrrole nitrogens is 1. The van der Waals surface area contributed by atoms with Gasteiger partial charge in [0.15, 0.2) is 0 Å². The maximum Gasteiger partial charge on any atom is 0.253 e. The van der Waals surface area contributed by atoms with Gasteiger partial charge in [0, 0.05) is 31.4 Å². The van der Waals surface area contributed by atoms with Crippen LogP contribution in [0.4, 0.5) is 0 Å². The Morgan fingerprint density at radius 2 is 2.14 bits per heavy atom. The van der Waals surface area contributed by atoms with Gasteiger partial charge in [-0.3, -0.25) is 14.6 Å². The van der Waals surface area contributed by atoms with Crippen molar-refractivity contribution in [2.24, 2.45) is 12.8 Å². The second-order valence-corrected chi connectivity index (χ2v) is 6.44. The molecule has 0 bridgehead atoms. The molecule has 0 radical (unpaired) electrons. The van der Waals surface area contributed by atoms with Crippen LogP contribution in [0.1, 0.15) is 36.4 Å². The Morgan fingerprint density at radius 3 is 2.79 bits per heavy atom. The minimum atomic E-state index is -0.239. The normalized spacial score (nSPS) is 12.1. The molecule has 8 nitrogen and oxygen atoms in total. The highest BCUT2D eigenvalue weighted by Crippen LogP contribution is 2.27. The first-order chi connectivity index (χ1) is 14.0. The largest absolute Gasteiger partial charge is 0.476 e. The molecule has 8 heteroatoms. The molecule has 1 amide bonds. The summed E-state index contributed by atoms with van der Waals surface area (Å²) in [4.78, 5) is 12.1. The monoisotopic (exact) mass is 394 g/mol. The molecule has 0 aliphatic heterocycles. The van der Waals surface area contributed by atoms with Gasteiger partial charge in [-0.1, -0.05) is 13.0 Å². The highest BCUT2D eigenvalue weighted by Gasteiger charge is 2.15. The van der Waals surface area contributed by atoms with E-state index in [1.807, 2.05) is 49.0 Å². The molecule has 3 aromatic rings. The first-order valence-corrected chi connectivity index (χ1v) is 9.53. The second-order valence-electron chi connectivity index (χ2n) is 6.44. The summed E-state index contributed by atoms with van der Waals surface area (Å²) in [6.07, 6.45) is 6.08. The summed E-state index contributed by atoms with van der Waals surface area (Å²) >= 11 is 0. The first-order valence-electron chi connectivity index (χ1n) is 9.53. The zero-order chi connectivity index (χ0) is 21.0. The van der Waals surface area contributed by atoms with E-state index < -0.39 is 0 Å². The summed E-state index contributed by atoms with van der Waals surface area (Å²) in [7, 11) is 3.49. The van der Waals surface area contributed by atoms with Gasteiger partial charge in [0.2, 0.25) is 5.88 Å². The molecule has 3 rings (SSSR count). The Bertz CT molecular complexity index is 1090. The summed E-state index contributed by atoms with van der Waals surface area (Å²) < 4.78 is 7.53. The average molecular weight is 394 g/mol. The number of fused-ring (bicyclic) bond motifs is 1. The fraction of sp³-hybridized carbons (Fsp3) is 0.286. The van der Waals surface area contributed by atoms with Crippen molar-refractivity contribution in [1.29, 1.82) is 0 Å². The number of hydrogen-bond acceptors (Lipinski definition) is 5. The molecule has 4 N–H and O–H groups in total. The summed E-state index contributed by atoms with van der Waals surface area (Å²) in [5.41, 5.74) is 10.5. The minimum Gasteiger partial charge on any atom is -0.476 e. The number of ether oxygens (including phenoxy) is 1. The third-order valence-corrected chi connectivity index (χ3v) is 4.74. The van der Waals surface area contributed by atoms with Gasteiger partial charge < -0.3 is 15.8 Å². The van der Waals surface area contributed by atoms with Gasteiger partial charge in [0.25, 0.3) is 5.91 Å². The van der Waals surface area contributed by atoms with Gasteiger partial charge in [-0.25, -0.2) is 0 Å². The van der Waals surface area contributed by atoms with Gasteiger partial charge in [-0.2, -0.15) is 5.10 Å². The fourth-order valence-corrected chi connectivity index (χ4v) is 3.31. The van der Waals surface area contributed by atoms with Crippen LogP contribution in [-0.4, -0.2) is 39.5 Å². The van der Waals surface area contributed by atoms with Crippen LogP contribution in [0.5, 0.6) is 5.88 Å². The number of carbonyl (C=O) groups excluding carboxylic acids is 1. The number of benzene rings is 1. The molecule has 0 atom stereocenters. The van der Waals surface area contributed by atoms with Crippen molar-refractivity contribution in [2.45, 2.75) is 20.3 Å². The molecule has 2 aromatic heterocycles. The van der Waals surface area contributed by atoms with Crippen molar-refractivity contribution in [1.82, 2.24) is 25.3 Å². The Balaban J connectivity index is 2.04. The number of carbonyl (C=O) groups is 1. The van der Waals surface area contributed by atoms with E-state index in [0.29, 0.717) is 18.1 Å². The lowest BCUT2D eigenvalue weighted by molar-refractivity contribution is -0.115. The molecule has 0 fully saturated rings. The van der Waals surface area contributed by atoms with Crippen molar-refractivity contribution in [3.8, 4) is 5.88 Å². The molecule has 0 saturated heterocycles. The van der Waals surface area contributed by atoms with Gasteiger partial charge in [-0.15, -0.1) is 5.10 Å². The lowest BCUT2D eigenvalue weighted by Crippen LogP contribution is -2.20. The molecule has 152 valence electrons. The number of nitrogens with two attached hydrogens (primary N) is 1. The molecule has 0 aliphatic carbocycles. The first kappa shape index (κ1) is 20.2. The molecular formula is C21H26N6O2. The van der Waals surface area contributed by atoms with Crippen molar-refractivity contribution < 1.29 is 9.53 Å². The molecular weight excluding hydrogens is 368 g/mol. The van der Waals surface area contributed by atoms with Crippen molar-refractivity contribution in [3.63, 3.8) is 0 Å². The number of likely N-dealkylation sites (N-methyl/N-ethyl adjacent to an activating group) is 1. The molecule has 1 aromatic carbocycles. The van der Waals surface area contributed by atoms with Crippen molar-refractivity contribution >= 4 is 34.5 Å². The standard InChI is InChI=1S/C21H26N6O2/c1-5-19-14(21(29-6-2)26-27(19)4)8-10-18-15-11-13(7-9-17(15)24-25-18)16(12-22)20(28)23-3/h7-12H,5-6,22H2,1-4H3,(H,23,28)(H,24,25)/b10-8+,16-12-. The Morgan fingerprint density at radius 1 is 1.34 bits per heavy atom. The molecule has 0 saturated carbocycles. The van der Waals surface area contributed by atoms with Crippen LogP contribution in [0.15, 0.2) is 24.4 Å². The van der Waals surface area contributed by atoms with Crippen molar-refractivity contribution in [3.05, 3.63) is 46.9 Å². The fourth-order valence-electron chi connectivity index (χ4n) is 3.31. The van der Waals surface area contributed by atoms with Crippen molar-refractivity contribution in [2.75, 3.05) is 13.7 Å². The van der Waals surface area contributed by atoms with E-state index in [0.717, 1.165) is 39.8 Å². The van der Waals surface area contributed by atoms with Crippen LogP contribution in [0.3, 0.4) is 0 Å². The van der Waals surface area contributed by atoms with E-state index in [2.05, 4.69) is 27.5 Å². The maximum absolute atomic E-state index is 12.1. The lowest BCUT2D eigenvalue weighted by atomic mass is 10.0. The minimum absolute atomic E-state index is 0.239. The quantitative estimate of drug-likeness (QED) is 0.533. The van der Waals surface area contributed by atoms with Crippen LogP contribution in [0.25, 0.3) is 28.6 Å². The Kier molecular flexibility index (Phi) is 6.01. The van der Waals surface area contributed by atoms with Crippen LogP contribution in [0.2, 0.25) is 0 Å². The Labute approximate surface area is 169 Å². The predicted molar refractivity (Wildman–Crippen MR) is 115 cm³/mol. The van der Waals surface area contributed by atoms with Gasteiger partial charge >= 0.3 is 0 Å². The summed E-state index contributed by atoms with van der Waals surface area (Å²) in [6, 6.07) is 5.59. The number of nitrogens with one attached hydrogen (secondary N) is 2. The zero-order valence-electron chi connectivity index (χ0n) is 17.1. The SMILES string of the molecule is CCOc1nn(C)c(CC)c1/C=C/c1[nH]nc2ccc(/C(=C/N)C(=O)NC)cc12. The summed E-state index contributed by atoms with van der Waals surface area (Å²) in [5, 5.41) is 15.4. The number of amides is 1. The molecule has 0 spiro atoms. The van der Waals surface area contributed by atoms with Crippen LogP contribution in [0, 0.1) is 0 Å². The zero-order valence-corrected chi connectivity index (χ0v) is 17.1. The van der Waals surface area contributed by atoms with E-state index in [1.54, 1.807) is 7.05 Å². The third-order valence-electron chi connectivity index (χ3n) is 4.74. The number of nitrogens with zero attached hydrogens (tertiary/aromatic N) is 3. The Hall–Kier alpha value is -3.55. The van der Waals surface area contributed by atoms with Crippen LogP contribution >= 0.6 is 0 Å². The molecule has 0 unspecified atom stereocenters. The average Bonchev–Trinajstić information content (AvgIpc) is 3.26. The number of hydrogen-bond donors (Lipinski definition) is 3. The molecule has 2 heterocycles. The number of aromatic amines is 1. The number of rotatable bonds is 7. The van der Waals surface area contributed by atoms with Gasteiger partial charge in [-0.05, 0) is 43.2 Å². The summed E-state index contributed by atoms with van der Waals surface area (Å²) in [6.45, 7) is 4.57. The number of aromatic nitrogens is 4.